The average molecular weight is 347 g/mol. The summed E-state index contributed by atoms with van der Waals surface area (Å²) in [6.07, 6.45) is 2.65. The Morgan fingerprint density at radius 2 is 1.75 bits per heavy atom. The molecule has 120 valence electrons. The number of benzene rings is 1. The Hall–Kier alpha value is -2.86. The molecule has 1 aromatic carbocycles. The zero-order valence-electron chi connectivity index (χ0n) is 12.0. The van der Waals surface area contributed by atoms with Crippen molar-refractivity contribution in [2.24, 2.45) is 0 Å². The number of rotatable bonds is 4. The van der Waals surface area contributed by atoms with Gasteiger partial charge in [0.05, 0.1) is 16.8 Å². The summed E-state index contributed by atoms with van der Waals surface area (Å²) in [5.74, 6) is -3.28. The lowest BCUT2D eigenvalue weighted by molar-refractivity contribution is 0.102. The summed E-state index contributed by atoms with van der Waals surface area (Å²) < 4.78 is 27.4. The van der Waals surface area contributed by atoms with Crippen LogP contribution in [0, 0.1) is 11.6 Å². The van der Waals surface area contributed by atoms with Crippen molar-refractivity contribution in [3.05, 3.63) is 88.0 Å². The highest BCUT2D eigenvalue weighted by atomic mass is 35.5. The highest BCUT2D eigenvalue weighted by Crippen LogP contribution is 2.20. The third kappa shape index (κ3) is 2.83. The predicted octanol–water partition coefficient (Wildman–Crippen LogP) is 3.80. The Labute approximate surface area is 140 Å². The van der Waals surface area contributed by atoms with Gasteiger partial charge in [-0.3, -0.25) is 9.59 Å². The number of H-pyrrole nitrogens is 1. The topological polar surface area (TPSA) is 62.8 Å². The summed E-state index contributed by atoms with van der Waals surface area (Å²) in [6.45, 7) is 0. The van der Waals surface area contributed by atoms with E-state index in [4.69, 9.17) is 11.6 Å². The van der Waals surface area contributed by atoms with Crippen molar-refractivity contribution in [1.29, 1.82) is 0 Å². The second kappa shape index (κ2) is 6.33. The SMILES string of the molecule is O=C(c1cc(C(=O)c2c(F)cccc2F)c[nH]1)c1cccnc1Cl. The predicted molar refractivity (Wildman–Crippen MR) is 83.3 cm³/mol. The maximum absolute atomic E-state index is 13.7. The second-order valence-corrected chi connectivity index (χ2v) is 5.26. The lowest BCUT2D eigenvalue weighted by Gasteiger charge is -2.02. The van der Waals surface area contributed by atoms with Gasteiger partial charge in [0.1, 0.15) is 16.8 Å². The van der Waals surface area contributed by atoms with Gasteiger partial charge in [-0.15, -0.1) is 0 Å². The van der Waals surface area contributed by atoms with E-state index >= 15 is 0 Å². The van der Waals surface area contributed by atoms with Crippen LogP contribution in [0.15, 0.2) is 48.8 Å². The van der Waals surface area contributed by atoms with E-state index in [0.29, 0.717) is 0 Å². The molecule has 0 saturated heterocycles. The smallest absolute Gasteiger partial charge is 0.212 e. The molecule has 2 heterocycles. The summed E-state index contributed by atoms with van der Waals surface area (Å²) >= 11 is 5.86. The van der Waals surface area contributed by atoms with Crippen molar-refractivity contribution in [2.75, 3.05) is 0 Å². The number of nitrogens with one attached hydrogen (secondary N) is 1. The van der Waals surface area contributed by atoms with E-state index in [1.54, 1.807) is 6.07 Å². The molecular formula is C17H9ClF2N2O2. The van der Waals surface area contributed by atoms with E-state index in [1.807, 2.05) is 0 Å². The molecule has 0 radical (unpaired) electrons. The van der Waals surface area contributed by atoms with Crippen molar-refractivity contribution in [3.8, 4) is 0 Å². The van der Waals surface area contributed by atoms with Crippen molar-refractivity contribution in [2.45, 2.75) is 0 Å². The van der Waals surface area contributed by atoms with Crippen LogP contribution >= 0.6 is 11.6 Å². The number of hydrogen-bond donors (Lipinski definition) is 1. The molecule has 2 aromatic heterocycles. The number of hydrogen-bond acceptors (Lipinski definition) is 3. The Bertz CT molecular complexity index is 933. The summed E-state index contributed by atoms with van der Waals surface area (Å²) in [7, 11) is 0. The third-order valence-corrected chi connectivity index (χ3v) is 3.68. The number of aromatic amines is 1. The van der Waals surface area contributed by atoms with Gasteiger partial charge in [0, 0.05) is 18.0 Å². The lowest BCUT2D eigenvalue weighted by Crippen LogP contribution is -2.07. The van der Waals surface area contributed by atoms with Crippen LogP contribution in [0.5, 0.6) is 0 Å². The highest BCUT2D eigenvalue weighted by Gasteiger charge is 2.22. The Morgan fingerprint density at radius 3 is 2.42 bits per heavy atom. The van der Waals surface area contributed by atoms with Crippen LogP contribution in [0.25, 0.3) is 0 Å². The van der Waals surface area contributed by atoms with Crippen LogP contribution in [-0.4, -0.2) is 21.5 Å². The number of ketones is 2. The van der Waals surface area contributed by atoms with Gasteiger partial charge in [0.15, 0.2) is 5.78 Å². The molecule has 0 fully saturated rings. The van der Waals surface area contributed by atoms with Crippen LogP contribution in [-0.2, 0) is 0 Å². The molecule has 4 nitrogen and oxygen atoms in total. The second-order valence-electron chi connectivity index (χ2n) is 4.90. The quantitative estimate of drug-likeness (QED) is 0.577. The van der Waals surface area contributed by atoms with E-state index in [1.165, 1.54) is 24.5 Å². The van der Waals surface area contributed by atoms with Crippen molar-refractivity contribution in [1.82, 2.24) is 9.97 Å². The maximum Gasteiger partial charge on any atom is 0.212 e. The normalized spacial score (nSPS) is 10.6. The van der Waals surface area contributed by atoms with Crippen LogP contribution in [0.2, 0.25) is 5.15 Å². The molecule has 0 aliphatic heterocycles. The number of carbonyl (C=O) groups excluding carboxylic acids is 2. The first-order chi connectivity index (χ1) is 11.5. The van der Waals surface area contributed by atoms with Gasteiger partial charge in [-0.25, -0.2) is 13.8 Å². The summed E-state index contributed by atoms with van der Waals surface area (Å²) in [6, 6.07) is 7.39. The zero-order valence-corrected chi connectivity index (χ0v) is 12.8. The fourth-order valence-corrected chi connectivity index (χ4v) is 2.42. The van der Waals surface area contributed by atoms with Gasteiger partial charge >= 0.3 is 0 Å². The Morgan fingerprint density at radius 1 is 1.04 bits per heavy atom. The molecule has 0 spiro atoms. The third-order valence-electron chi connectivity index (χ3n) is 3.38. The van der Waals surface area contributed by atoms with Gasteiger partial charge < -0.3 is 4.98 Å². The molecule has 0 amide bonds. The summed E-state index contributed by atoms with van der Waals surface area (Å²) in [5.41, 5.74) is -0.501. The Kier molecular flexibility index (Phi) is 4.22. The van der Waals surface area contributed by atoms with Gasteiger partial charge in [0.2, 0.25) is 5.78 Å². The number of nitrogens with zero attached hydrogens (tertiary/aromatic N) is 1. The monoisotopic (exact) mass is 346 g/mol. The maximum atomic E-state index is 13.7. The summed E-state index contributed by atoms with van der Waals surface area (Å²) in [5, 5.41) is 0.0186. The molecule has 3 rings (SSSR count). The minimum absolute atomic E-state index is 0.0186. The molecule has 0 aliphatic carbocycles. The molecule has 0 atom stereocenters. The highest BCUT2D eigenvalue weighted by molar-refractivity contribution is 6.33. The fraction of sp³-hybridized carbons (Fsp3) is 0. The van der Waals surface area contributed by atoms with Crippen LogP contribution in [0.3, 0.4) is 0 Å². The van der Waals surface area contributed by atoms with E-state index in [-0.39, 0.29) is 22.0 Å². The number of pyridine rings is 1. The van der Waals surface area contributed by atoms with Gasteiger partial charge in [-0.1, -0.05) is 17.7 Å². The fourth-order valence-electron chi connectivity index (χ4n) is 2.22. The average Bonchev–Trinajstić information content (AvgIpc) is 3.04. The van der Waals surface area contributed by atoms with Crippen molar-refractivity contribution in [3.63, 3.8) is 0 Å². The van der Waals surface area contributed by atoms with Gasteiger partial charge in [-0.05, 0) is 30.3 Å². The lowest BCUT2D eigenvalue weighted by atomic mass is 10.0. The molecule has 24 heavy (non-hydrogen) atoms. The first-order valence-corrected chi connectivity index (χ1v) is 7.19. The van der Waals surface area contributed by atoms with Crippen LogP contribution in [0.4, 0.5) is 8.78 Å². The number of aromatic nitrogens is 2. The number of carbonyl (C=O) groups is 2. The molecule has 0 unspecified atom stereocenters. The molecule has 7 heteroatoms. The van der Waals surface area contributed by atoms with E-state index in [9.17, 15) is 18.4 Å². The molecule has 1 N–H and O–H groups in total. The minimum Gasteiger partial charge on any atom is -0.358 e. The number of halogens is 3. The molecule has 0 aliphatic rings. The standard InChI is InChI=1S/C17H9ClF2N2O2/c18-17-10(3-2-6-21-17)16(24)13-7-9(8-22-13)15(23)14-11(19)4-1-5-12(14)20/h1-8,22H. The van der Waals surface area contributed by atoms with E-state index in [0.717, 1.165) is 18.2 Å². The first kappa shape index (κ1) is 16.0. The van der Waals surface area contributed by atoms with Gasteiger partial charge in [-0.2, -0.15) is 0 Å². The zero-order chi connectivity index (χ0) is 17.3. The molecular weight excluding hydrogens is 338 g/mol. The van der Waals surface area contributed by atoms with Crippen molar-refractivity contribution >= 4 is 23.2 Å². The van der Waals surface area contributed by atoms with Crippen LogP contribution < -0.4 is 0 Å². The molecule has 3 aromatic rings. The van der Waals surface area contributed by atoms with Crippen molar-refractivity contribution < 1.29 is 18.4 Å². The Balaban J connectivity index is 1.95. The first-order valence-electron chi connectivity index (χ1n) is 6.81. The van der Waals surface area contributed by atoms with Crippen LogP contribution in [0.1, 0.15) is 32.0 Å². The minimum atomic E-state index is -0.968. The summed E-state index contributed by atoms with van der Waals surface area (Å²) in [4.78, 5) is 31.1. The molecule has 0 saturated carbocycles. The van der Waals surface area contributed by atoms with E-state index in [2.05, 4.69) is 9.97 Å². The van der Waals surface area contributed by atoms with E-state index < -0.39 is 28.8 Å². The molecule has 0 bridgehead atoms. The largest absolute Gasteiger partial charge is 0.358 e. The van der Waals surface area contributed by atoms with Gasteiger partial charge in [0.25, 0.3) is 0 Å².